The summed E-state index contributed by atoms with van der Waals surface area (Å²) in [5.74, 6) is 0.337. The van der Waals surface area contributed by atoms with Crippen molar-refractivity contribution in [2.75, 3.05) is 6.54 Å². The first-order valence-electron chi connectivity index (χ1n) is 9.47. The monoisotopic (exact) mass is 443 g/mol. The topological polar surface area (TPSA) is 88.9 Å². The summed E-state index contributed by atoms with van der Waals surface area (Å²) < 4.78 is 1.91. The fourth-order valence-corrected chi connectivity index (χ4v) is 3.76. The lowest BCUT2D eigenvalue weighted by molar-refractivity contribution is -0.119. The molecule has 0 radical (unpaired) electrons. The Hall–Kier alpha value is -2.84. The molecule has 1 atom stereocenters. The maximum Gasteiger partial charge on any atom is 0.321 e. The number of imide groups is 1. The Labute approximate surface area is 184 Å². The van der Waals surface area contributed by atoms with Gasteiger partial charge in [0.05, 0.1) is 5.25 Å². The molecule has 0 saturated carbocycles. The Morgan fingerprint density at radius 2 is 1.80 bits per heavy atom. The number of rotatable bonds is 7. The van der Waals surface area contributed by atoms with E-state index in [2.05, 4.69) is 20.8 Å². The summed E-state index contributed by atoms with van der Waals surface area (Å²) in [6.07, 6.45) is 0.580. The second kappa shape index (κ2) is 10.3. The van der Waals surface area contributed by atoms with Crippen LogP contribution in [0.15, 0.2) is 59.8 Å². The minimum atomic E-state index is -0.549. The van der Waals surface area contributed by atoms with E-state index in [4.69, 9.17) is 11.6 Å². The molecule has 1 heterocycles. The second-order valence-electron chi connectivity index (χ2n) is 6.48. The van der Waals surface area contributed by atoms with E-state index >= 15 is 0 Å². The number of urea groups is 1. The van der Waals surface area contributed by atoms with Crippen molar-refractivity contribution in [2.45, 2.75) is 30.7 Å². The summed E-state index contributed by atoms with van der Waals surface area (Å²) in [4.78, 5) is 24.0. The normalized spacial score (nSPS) is 11.7. The number of halogens is 1. The van der Waals surface area contributed by atoms with Gasteiger partial charge in [0, 0.05) is 23.7 Å². The first-order valence-corrected chi connectivity index (χ1v) is 10.7. The van der Waals surface area contributed by atoms with Gasteiger partial charge in [-0.3, -0.25) is 14.7 Å². The highest BCUT2D eigenvalue weighted by Crippen LogP contribution is 2.27. The second-order valence-corrected chi connectivity index (χ2v) is 8.23. The number of thioether (sulfide) groups is 1. The van der Waals surface area contributed by atoms with Crippen molar-refractivity contribution in [1.82, 2.24) is 25.4 Å². The first kappa shape index (κ1) is 21.9. The highest BCUT2D eigenvalue weighted by atomic mass is 35.5. The fraction of sp³-hybridized carbons (Fsp3) is 0.238. The van der Waals surface area contributed by atoms with E-state index in [1.165, 1.54) is 11.8 Å². The van der Waals surface area contributed by atoms with Gasteiger partial charge in [-0.25, -0.2) is 4.79 Å². The predicted molar refractivity (Wildman–Crippen MR) is 118 cm³/mol. The summed E-state index contributed by atoms with van der Waals surface area (Å²) in [7, 11) is 0. The minimum Gasteiger partial charge on any atom is -0.338 e. The molecule has 3 amide bonds. The fourth-order valence-electron chi connectivity index (χ4n) is 2.75. The van der Waals surface area contributed by atoms with Crippen LogP contribution in [0.2, 0.25) is 5.02 Å². The van der Waals surface area contributed by atoms with Crippen LogP contribution < -0.4 is 10.6 Å². The van der Waals surface area contributed by atoms with Crippen molar-refractivity contribution in [3.8, 4) is 5.69 Å². The quantitative estimate of drug-likeness (QED) is 0.541. The smallest absolute Gasteiger partial charge is 0.321 e. The first-order chi connectivity index (χ1) is 14.5. The molecule has 1 aromatic heterocycles. The summed E-state index contributed by atoms with van der Waals surface area (Å²) in [5.41, 5.74) is 1.94. The maximum absolute atomic E-state index is 12.4. The van der Waals surface area contributed by atoms with E-state index in [9.17, 15) is 9.59 Å². The summed E-state index contributed by atoms with van der Waals surface area (Å²) in [6, 6.07) is 16.8. The SMILES string of the molecule is CCNC(=O)NC(=O)[C@H](C)Sc1nnc(Cc2ccccc2)n1-c1ccc(Cl)cc1. The Balaban J connectivity index is 1.87. The summed E-state index contributed by atoms with van der Waals surface area (Å²) in [6.45, 7) is 3.94. The molecule has 2 aromatic carbocycles. The van der Waals surface area contributed by atoms with E-state index < -0.39 is 17.2 Å². The Morgan fingerprint density at radius 1 is 1.10 bits per heavy atom. The summed E-state index contributed by atoms with van der Waals surface area (Å²) in [5, 5.41) is 14.2. The van der Waals surface area contributed by atoms with E-state index in [1.54, 1.807) is 26.0 Å². The number of amides is 3. The van der Waals surface area contributed by atoms with Gasteiger partial charge in [0.1, 0.15) is 5.82 Å². The molecule has 2 N–H and O–H groups in total. The average molecular weight is 444 g/mol. The lowest BCUT2D eigenvalue weighted by Gasteiger charge is -2.14. The van der Waals surface area contributed by atoms with Gasteiger partial charge in [-0.15, -0.1) is 10.2 Å². The maximum atomic E-state index is 12.4. The number of carbonyl (C=O) groups is 2. The molecular weight excluding hydrogens is 422 g/mol. The van der Waals surface area contributed by atoms with Gasteiger partial charge in [0.2, 0.25) is 5.91 Å². The Kier molecular flexibility index (Phi) is 7.48. The van der Waals surface area contributed by atoms with Gasteiger partial charge < -0.3 is 5.32 Å². The zero-order chi connectivity index (χ0) is 21.5. The molecule has 0 fully saturated rings. The van der Waals surface area contributed by atoms with Gasteiger partial charge in [-0.2, -0.15) is 0 Å². The van der Waals surface area contributed by atoms with Crippen molar-refractivity contribution in [1.29, 1.82) is 0 Å². The van der Waals surface area contributed by atoms with Crippen molar-refractivity contribution in [3.63, 3.8) is 0 Å². The van der Waals surface area contributed by atoms with E-state index in [0.29, 0.717) is 23.1 Å². The van der Waals surface area contributed by atoms with Crippen molar-refractivity contribution in [2.24, 2.45) is 0 Å². The number of aromatic nitrogens is 3. The molecule has 0 aliphatic rings. The highest BCUT2D eigenvalue weighted by Gasteiger charge is 2.22. The molecular formula is C21H22ClN5O2S. The van der Waals surface area contributed by atoms with Crippen LogP contribution in [-0.4, -0.2) is 38.5 Å². The molecule has 30 heavy (non-hydrogen) atoms. The molecule has 0 spiro atoms. The molecule has 7 nitrogen and oxygen atoms in total. The lowest BCUT2D eigenvalue weighted by atomic mass is 10.1. The predicted octanol–water partition coefficient (Wildman–Crippen LogP) is 3.84. The molecule has 9 heteroatoms. The highest BCUT2D eigenvalue weighted by molar-refractivity contribution is 8.00. The molecule has 0 aliphatic heterocycles. The Bertz CT molecular complexity index is 1010. The van der Waals surface area contributed by atoms with Gasteiger partial charge in [-0.05, 0) is 43.7 Å². The number of hydrogen-bond acceptors (Lipinski definition) is 5. The van der Waals surface area contributed by atoms with Crippen LogP contribution in [0.5, 0.6) is 0 Å². The third-order valence-electron chi connectivity index (χ3n) is 4.22. The minimum absolute atomic E-state index is 0.402. The molecule has 3 aromatic rings. The van der Waals surface area contributed by atoms with E-state index in [1.807, 2.05) is 47.0 Å². The van der Waals surface area contributed by atoms with Gasteiger partial charge >= 0.3 is 6.03 Å². The van der Waals surface area contributed by atoms with Crippen LogP contribution in [0.4, 0.5) is 4.79 Å². The molecule has 0 bridgehead atoms. The number of nitrogens with one attached hydrogen (secondary N) is 2. The van der Waals surface area contributed by atoms with Crippen LogP contribution >= 0.6 is 23.4 Å². The van der Waals surface area contributed by atoms with Crippen LogP contribution in [0.1, 0.15) is 25.2 Å². The average Bonchev–Trinajstić information content (AvgIpc) is 3.11. The van der Waals surface area contributed by atoms with Crippen LogP contribution in [0, 0.1) is 0 Å². The third kappa shape index (κ3) is 5.61. The number of hydrogen-bond donors (Lipinski definition) is 2. The van der Waals surface area contributed by atoms with Gasteiger partial charge in [-0.1, -0.05) is 53.7 Å². The molecule has 0 unspecified atom stereocenters. The molecule has 0 aliphatic carbocycles. The van der Waals surface area contributed by atoms with E-state index in [-0.39, 0.29) is 0 Å². The molecule has 0 saturated heterocycles. The van der Waals surface area contributed by atoms with Crippen molar-refractivity contribution < 1.29 is 9.59 Å². The van der Waals surface area contributed by atoms with Crippen molar-refractivity contribution in [3.05, 3.63) is 71.0 Å². The number of carbonyl (C=O) groups excluding carboxylic acids is 2. The largest absolute Gasteiger partial charge is 0.338 e. The van der Waals surface area contributed by atoms with E-state index in [0.717, 1.165) is 17.1 Å². The lowest BCUT2D eigenvalue weighted by Crippen LogP contribution is -2.42. The van der Waals surface area contributed by atoms with Crippen LogP contribution in [-0.2, 0) is 11.2 Å². The number of benzene rings is 2. The Morgan fingerprint density at radius 3 is 2.47 bits per heavy atom. The zero-order valence-corrected chi connectivity index (χ0v) is 18.2. The van der Waals surface area contributed by atoms with Crippen LogP contribution in [0.25, 0.3) is 5.69 Å². The van der Waals surface area contributed by atoms with Crippen molar-refractivity contribution >= 4 is 35.3 Å². The van der Waals surface area contributed by atoms with Gasteiger partial charge in [0.15, 0.2) is 5.16 Å². The zero-order valence-electron chi connectivity index (χ0n) is 16.6. The van der Waals surface area contributed by atoms with Gasteiger partial charge in [0.25, 0.3) is 0 Å². The summed E-state index contributed by atoms with van der Waals surface area (Å²) >= 11 is 7.28. The number of nitrogens with zero attached hydrogens (tertiary/aromatic N) is 3. The molecule has 156 valence electrons. The van der Waals surface area contributed by atoms with Crippen LogP contribution in [0.3, 0.4) is 0 Å². The standard InChI is InChI=1S/C21H22ClN5O2S/c1-3-23-20(29)24-19(28)14(2)30-21-26-25-18(13-15-7-5-4-6-8-15)27(21)17-11-9-16(22)10-12-17/h4-12,14H,3,13H2,1-2H3,(H2,23,24,28,29)/t14-/m0/s1. The molecule has 3 rings (SSSR count). The third-order valence-corrected chi connectivity index (χ3v) is 5.51.